The van der Waals surface area contributed by atoms with E-state index in [0.717, 1.165) is 11.9 Å². The number of carbonyl (C=O) groups is 2. The molecule has 4 aromatic rings. The van der Waals surface area contributed by atoms with Crippen molar-refractivity contribution >= 4 is 22.8 Å². The summed E-state index contributed by atoms with van der Waals surface area (Å²) in [5, 5.41) is 11.4. The lowest BCUT2D eigenvalue weighted by Crippen LogP contribution is -2.50. The third kappa shape index (κ3) is 5.76. The van der Waals surface area contributed by atoms with Gasteiger partial charge in [0.05, 0.1) is 5.52 Å². The Kier molecular flexibility index (Phi) is 7.43. The van der Waals surface area contributed by atoms with Crippen LogP contribution in [0.15, 0.2) is 78.9 Å². The molecule has 0 saturated carbocycles. The molecule has 1 N–H and O–H groups in total. The molecule has 0 saturated heterocycles. The summed E-state index contributed by atoms with van der Waals surface area (Å²) in [7, 11) is 0. The second kappa shape index (κ2) is 10.7. The molecule has 0 aliphatic carbocycles. The van der Waals surface area contributed by atoms with Gasteiger partial charge in [-0.3, -0.25) is 9.59 Å². The van der Waals surface area contributed by atoms with Crippen LogP contribution in [0, 0.1) is 5.82 Å². The third-order valence-corrected chi connectivity index (χ3v) is 6.31. The van der Waals surface area contributed by atoms with Crippen LogP contribution in [0.3, 0.4) is 0 Å². The van der Waals surface area contributed by atoms with Crippen LogP contribution in [0.1, 0.15) is 44.4 Å². The summed E-state index contributed by atoms with van der Waals surface area (Å²) in [5.41, 5.74) is 2.33. The standard InChI is InChI=1S/C28H30FN5O2/c1-4-28(2,3)30-27(36)26(21-10-6-5-7-11-21)33(18-20-14-16-22(29)17-15-20)25(35)19-34-24-13-9-8-12-23(24)31-32-34/h5-17,26H,4,18-19H2,1-3H3,(H,30,36)/t26-/m0/s1. The number of halogens is 1. The number of rotatable bonds is 9. The van der Waals surface area contributed by atoms with E-state index >= 15 is 0 Å². The number of amides is 2. The Morgan fingerprint density at radius 3 is 2.36 bits per heavy atom. The molecule has 0 fully saturated rings. The van der Waals surface area contributed by atoms with Crippen molar-refractivity contribution < 1.29 is 14.0 Å². The largest absolute Gasteiger partial charge is 0.349 e. The number of hydrogen-bond donors (Lipinski definition) is 1. The average molecular weight is 488 g/mol. The summed E-state index contributed by atoms with van der Waals surface area (Å²) in [6.45, 7) is 5.90. The highest BCUT2D eigenvalue weighted by Crippen LogP contribution is 2.26. The molecule has 0 spiro atoms. The van der Waals surface area contributed by atoms with Crippen molar-refractivity contribution in [3.63, 3.8) is 0 Å². The Bertz CT molecular complexity index is 1340. The molecule has 1 atom stereocenters. The zero-order valence-corrected chi connectivity index (χ0v) is 20.7. The first-order chi connectivity index (χ1) is 17.3. The minimum atomic E-state index is -0.899. The first kappa shape index (κ1) is 25.0. The van der Waals surface area contributed by atoms with E-state index in [9.17, 15) is 14.0 Å². The molecule has 2 amide bonds. The van der Waals surface area contributed by atoms with Crippen molar-refractivity contribution in [3.05, 3.63) is 95.8 Å². The van der Waals surface area contributed by atoms with Crippen LogP contribution in [-0.4, -0.2) is 37.2 Å². The van der Waals surface area contributed by atoms with Gasteiger partial charge in [-0.05, 0) is 55.7 Å². The summed E-state index contributed by atoms with van der Waals surface area (Å²) in [4.78, 5) is 29.1. The van der Waals surface area contributed by atoms with Gasteiger partial charge in [0.15, 0.2) is 0 Å². The first-order valence-corrected chi connectivity index (χ1v) is 12.0. The van der Waals surface area contributed by atoms with Crippen molar-refractivity contribution in [2.24, 2.45) is 0 Å². The summed E-state index contributed by atoms with van der Waals surface area (Å²) in [6.07, 6.45) is 0.719. The monoisotopic (exact) mass is 487 g/mol. The lowest BCUT2D eigenvalue weighted by molar-refractivity contribution is -0.143. The highest BCUT2D eigenvalue weighted by molar-refractivity contribution is 5.89. The van der Waals surface area contributed by atoms with Gasteiger partial charge >= 0.3 is 0 Å². The number of carbonyl (C=O) groups excluding carboxylic acids is 2. The van der Waals surface area contributed by atoms with Crippen LogP contribution in [0.2, 0.25) is 0 Å². The SMILES string of the molecule is CCC(C)(C)NC(=O)[C@H](c1ccccc1)N(Cc1ccc(F)cc1)C(=O)Cn1nnc2ccccc21. The lowest BCUT2D eigenvalue weighted by atomic mass is 9.98. The highest BCUT2D eigenvalue weighted by Gasteiger charge is 2.34. The van der Waals surface area contributed by atoms with Gasteiger partial charge in [0.2, 0.25) is 11.8 Å². The Morgan fingerprint density at radius 1 is 1.00 bits per heavy atom. The molecule has 1 heterocycles. The van der Waals surface area contributed by atoms with Crippen LogP contribution < -0.4 is 5.32 Å². The summed E-state index contributed by atoms with van der Waals surface area (Å²) >= 11 is 0. The van der Waals surface area contributed by atoms with Crippen LogP contribution in [0.5, 0.6) is 0 Å². The molecule has 186 valence electrons. The first-order valence-electron chi connectivity index (χ1n) is 12.0. The number of nitrogens with zero attached hydrogens (tertiary/aromatic N) is 4. The van der Waals surface area contributed by atoms with Crippen LogP contribution in [0.25, 0.3) is 11.0 Å². The third-order valence-electron chi connectivity index (χ3n) is 6.31. The fourth-order valence-electron chi connectivity index (χ4n) is 3.96. The molecule has 4 rings (SSSR count). The Hall–Kier alpha value is -4.07. The average Bonchev–Trinajstić information content (AvgIpc) is 3.28. The molecule has 3 aromatic carbocycles. The van der Waals surface area contributed by atoms with E-state index in [2.05, 4.69) is 15.6 Å². The molecule has 0 radical (unpaired) electrons. The second-order valence-corrected chi connectivity index (χ2v) is 9.42. The smallest absolute Gasteiger partial charge is 0.247 e. The number of para-hydroxylation sites is 1. The summed E-state index contributed by atoms with van der Waals surface area (Å²) in [5.74, 6) is -0.965. The van der Waals surface area contributed by atoms with Gasteiger partial charge in [0, 0.05) is 12.1 Å². The molecule has 36 heavy (non-hydrogen) atoms. The van der Waals surface area contributed by atoms with Crippen LogP contribution in [-0.2, 0) is 22.7 Å². The maximum atomic E-state index is 13.9. The van der Waals surface area contributed by atoms with E-state index < -0.39 is 11.6 Å². The number of aromatic nitrogens is 3. The molecule has 0 bridgehead atoms. The summed E-state index contributed by atoms with van der Waals surface area (Å²) < 4.78 is 15.1. The van der Waals surface area contributed by atoms with E-state index in [4.69, 9.17) is 0 Å². The van der Waals surface area contributed by atoms with E-state index in [1.807, 2.05) is 75.4 Å². The zero-order chi connectivity index (χ0) is 25.7. The van der Waals surface area contributed by atoms with Gasteiger partial charge < -0.3 is 10.2 Å². The number of fused-ring (bicyclic) bond motifs is 1. The highest BCUT2D eigenvalue weighted by atomic mass is 19.1. The molecule has 7 nitrogen and oxygen atoms in total. The van der Waals surface area contributed by atoms with Crippen LogP contribution >= 0.6 is 0 Å². The van der Waals surface area contributed by atoms with Gasteiger partial charge in [-0.2, -0.15) is 0 Å². The molecule has 8 heteroatoms. The zero-order valence-electron chi connectivity index (χ0n) is 20.7. The van der Waals surface area contributed by atoms with Crippen molar-refractivity contribution in [3.8, 4) is 0 Å². The molecular weight excluding hydrogens is 457 g/mol. The normalized spacial score (nSPS) is 12.3. The quantitative estimate of drug-likeness (QED) is 0.373. The minimum Gasteiger partial charge on any atom is -0.349 e. The topological polar surface area (TPSA) is 80.1 Å². The van der Waals surface area contributed by atoms with Gasteiger partial charge in [-0.25, -0.2) is 9.07 Å². The maximum absolute atomic E-state index is 13.9. The number of hydrogen-bond acceptors (Lipinski definition) is 4. The van der Waals surface area contributed by atoms with Gasteiger partial charge in [-0.15, -0.1) is 5.10 Å². The van der Waals surface area contributed by atoms with E-state index in [0.29, 0.717) is 16.6 Å². The van der Waals surface area contributed by atoms with Crippen molar-refractivity contribution in [1.82, 2.24) is 25.2 Å². The molecule has 1 aromatic heterocycles. The van der Waals surface area contributed by atoms with Crippen LogP contribution in [0.4, 0.5) is 4.39 Å². The summed E-state index contributed by atoms with van der Waals surface area (Å²) in [6, 6.07) is 21.6. The maximum Gasteiger partial charge on any atom is 0.247 e. The number of nitrogens with one attached hydrogen (secondary N) is 1. The predicted octanol–water partition coefficient (Wildman–Crippen LogP) is 4.65. The molecule has 0 aliphatic heterocycles. The van der Waals surface area contributed by atoms with E-state index in [1.165, 1.54) is 21.7 Å². The second-order valence-electron chi connectivity index (χ2n) is 9.42. The van der Waals surface area contributed by atoms with Gasteiger partial charge in [-0.1, -0.05) is 66.7 Å². The molecule has 0 unspecified atom stereocenters. The van der Waals surface area contributed by atoms with Crippen molar-refractivity contribution in [2.75, 3.05) is 0 Å². The molecule has 0 aliphatic rings. The molecular formula is C28H30FN5O2. The Balaban J connectivity index is 1.74. The Morgan fingerprint density at radius 2 is 1.67 bits per heavy atom. The Labute approximate surface area is 209 Å². The predicted molar refractivity (Wildman–Crippen MR) is 136 cm³/mol. The fourth-order valence-corrected chi connectivity index (χ4v) is 3.96. The van der Waals surface area contributed by atoms with E-state index in [1.54, 1.807) is 12.1 Å². The fraction of sp³-hybridized carbons (Fsp3) is 0.286. The number of benzene rings is 3. The minimum absolute atomic E-state index is 0.102. The lowest BCUT2D eigenvalue weighted by Gasteiger charge is -2.34. The van der Waals surface area contributed by atoms with Gasteiger partial charge in [0.1, 0.15) is 23.9 Å². The van der Waals surface area contributed by atoms with Crippen molar-refractivity contribution in [1.29, 1.82) is 0 Å². The van der Waals surface area contributed by atoms with Crippen molar-refractivity contribution in [2.45, 2.75) is 51.9 Å². The van der Waals surface area contributed by atoms with E-state index in [-0.39, 0.29) is 30.7 Å². The van der Waals surface area contributed by atoms with Gasteiger partial charge in [0.25, 0.3) is 0 Å².